The third kappa shape index (κ3) is 6.64. The van der Waals surface area contributed by atoms with E-state index in [1.807, 2.05) is 0 Å². The van der Waals surface area contributed by atoms with E-state index in [0.29, 0.717) is 12.3 Å². The largest absolute Gasteiger partial charge is 0.489 e. The number of aromatic nitrogens is 1. The molecule has 1 heterocycles. The first-order chi connectivity index (χ1) is 13.9. The van der Waals surface area contributed by atoms with Crippen LogP contribution in [0.3, 0.4) is 0 Å². The van der Waals surface area contributed by atoms with Crippen molar-refractivity contribution in [2.75, 3.05) is 6.61 Å². The first kappa shape index (κ1) is 23.5. The molecule has 0 amide bonds. The summed E-state index contributed by atoms with van der Waals surface area (Å²) in [6, 6.07) is 5.07. The number of hydrogen-bond donors (Lipinski definition) is 1. The van der Waals surface area contributed by atoms with E-state index in [9.17, 15) is 23.1 Å². The van der Waals surface area contributed by atoms with Gasteiger partial charge in [0.15, 0.2) is 11.5 Å². The number of esters is 1. The molecule has 0 bridgehead atoms. The second-order valence-electron chi connectivity index (χ2n) is 6.73. The average Bonchev–Trinajstić information content (AvgIpc) is 2.63. The smallest absolute Gasteiger partial charge is 0.417 e. The van der Waals surface area contributed by atoms with Crippen molar-refractivity contribution in [2.45, 2.75) is 32.0 Å². The number of nitrogens with zero attached hydrogens (tertiary/aromatic N) is 1. The fraction of sp³-hybridized carbons (Fsp3) is 0.300. The molecule has 0 aliphatic rings. The number of hydrogen-bond acceptors (Lipinski definition) is 6. The zero-order chi connectivity index (χ0) is 22.5. The fourth-order valence-corrected chi connectivity index (χ4v) is 2.31. The quantitative estimate of drug-likeness (QED) is 0.343. The van der Waals surface area contributed by atoms with Crippen LogP contribution in [0.25, 0.3) is 0 Å². The van der Waals surface area contributed by atoms with Crippen LogP contribution in [-0.4, -0.2) is 28.3 Å². The summed E-state index contributed by atoms with van der Waals surface area (Å²) in [5, 5.41) is 9.41. The highest BCUT2D eigenvalue weighted by atomic mass is 35.5. The Labute approximate surface area is 175 Å². The molecule has 1 aromatic heterocycles. The van der Waals surface area contributed by atoms with Crippen LogP contribution in [0.2, 0.25) is 5.02 Å². The van der Waals surface area contributed by atoms with E-state index < -0.39 is 23.3 Å². The van der Waals surface area contributed by atoms with Gasteiger partial charge in [-0.25, -0.2) is 9.78 Å². The lowest BCUT2D eigenvalue weighted by atomic mass is 10.1. The molecule has 6 nitrogen and oxygen atoms in total. The number of halogens is 4. The van der Waals surface area contributed by atoms with Crippen LogP contribution in [0.1, 0.15) is 25.8 Å². The predicted molar refractivity (Wildman–Crippen MR) is 103 cm³/mol. The zero-order valence-corrected chi connectivity index (χ0v) is 16.9. The van der Waals surface area contributed by atoms with Gasteiger partial charge in [0.2, 0.25) is 11.6 Å². The summed E-state index contributed by atoms with van der Waals surface area (Å²) in [7, 11) is 0. The number of carbonyl (C=O) groups excluding carboxylic acids is 1. The summed E-state index contributed by atoms with van der Waals surface area (Å²) in [5.41, 5.74) is -2.02. The topological polar surface area (TPSA) is 77.9 Å². The first-order valence-electron chi connectivity index (χ1n) is 8.64. The number of ether oxygens (including phenoxy) is 3. The normalized spacial score (nSPS) is 11.7. The lowest BCUT2D eigenvalue weighted by molar-refractivity contribution is -0.137. The Bertz CT molecular complexity index is 926. The van der Waals surface area contributed by atoms with Crippen LogP contribution >= 0.6 is 11.6 Å². The van der Waals surface area contributed by atoms with Crippen molar-refractivity contribution in [1.29, 1.82) is 0 Å². The van der Waals surface area contributed by atoms with Crippen LogP contribution in [0, 0.1) is 0 Å². The summed E-state index contributed by atoms with van der Waals surface area (Å²) in [5.74, 6) is -1.25. The Morgan fingerprint density at radius 3 is 2.53 bits per heavy atom. The molecule has 10 heteroatoms. The molecule has 2 rings (SSSR count). The Kier molecular flexibility index (Phi) is 7.33. The van der Waals surface area contributed by atoms with Crippen LogP contribution in [-0.2, 0) is 11.0 Å². The highest BCUT2D eigenvalue weighted by Gasteiger charge is 2.32. The van der Waals surface area contributed by atoms with Crippen molar-refractivity contribution in [3.05, 3.63) is 53.7 Å². The van der Waals surface area contributed by atoms with Gasteiger partial charge in [0.1, 0.15) is 5.02 Å². The Balaban J connectivity index is 2.35. The third-order valence-corrected chi connectivity index (χ3v) is 3.90. The third-order valence-electron chi connectivity index (χ3n) is 3.62. The van der Waals surface area contributed by atoms with Gasteiger partial charge >= 0.3 is 12.1 Å². The van der Waals surface area contributed by atoms with Gasteiger partial charge in [-0.1, -0.05) is 24.2 Å². The highest BCUT2D eigenvalue weighted by molar-refractivity contribution is 6.31. The molecular formula is C20H19ClF3NO5. The number of carbonyl (C=O) groups is 1. The number of para-hydroxylation sites is 1. The van der Waals surface area contributed by atoms with Crippen molar-refractivity contribution in [3.8, 4) is 23.1 Å². The Morgan fingerprint density at radius 1 is 1.30 bits per heavy atom. The SMILES string of the molecule is C=CC(=O)Oc1c(OCCC(C)(C)O)cccc1Oc1ncc(C(F)(F)F)cc1Cl. The van der Waals surface area contributed by atoms with Gasteiger partial charge in [-0.05, 0) is 32.0 Å². The van der Waals surface area contributed by atoms with Crippen molar-refractivity contribution in [1.82, 2.24) is 4.98 Å². The van der Waals surface area contributed by atoms with Crippen molar-refractivity contribution < 1.29 is 37.3 Å². The van der Waals surface area contributed by atoms with E-state index in [1.54, 1.807) is 13.8 Å². The molecule has 0 spiro atoms. The maximum Gasteiger partial charge on any atom is 0.417 e. The molecule has 0 saturated carbocycles. The lowest BCUT2D eigenvalue weighted by Crippen LogP contribution is -2.22. The number of rotatable bonds is 8. The van der Waals surface area contributed by atoms with E-state index >= 15 is 0 Å². The van der Waals surface area contributed by atoms with Gasteiger partial charge in [0.05, 0.1) is 17.8 Å². The van der Waals surface area contributed by atoms with Crippen LogP contribution in [0.4, 0.5) is 13.2 Å². The number of aliphatic hydroxyl groups is 1. The molecule has 0 saturated heterocycles. The van der Waals surface area contributed by atoms with Gasteiger partial charge in [0, 0.05) is 18.7 Å². The molecule has 2 aromatic rings. The van der Waals surface area contributed by atoms with E-state index in [4.69, 9.17) is 25.8 Å². The summed E-state index contributed by atoms with van der Waals surface area (Å²) in [4.78, 5) is 15.3. The van der Waals surface area contributed by atoms with Gasteiger partial charge in [-0.3, -0.25) is 0 Å². The second kappa shape index (κ2) is 9.36. The van der Waals surface area contributed by atoms with Gasteiger partial charge in [0.25, 0.3) is 0 Å². The number of benzene rings is 1. The molecule has 0 atom stereocenters. The molecule has 0 unspecified atom stereocenters. The summed E-state index contributed by atoms with van der Waals surface area (Å²) in [6.07, 6.45) is -2.85. The van der Waals surface area contributed by atoms with E-state index in [0.717, 1.165) is 6.08 Å². The number of alkyl halides is 3. The molecule has 0 aliphatic carbocycles. The summed E-state index contributed by atoms with van der Waals surface area (Å²) in [6.45, 7) is 6.61. The van der Waals surface area contributed by atoms with Crippen LogP contribution in [0.15, 0.2) is 43.1 Å². The summed E-state index contributed by atoms with van der Waals surface area (Å²) < 4.78 is 54.6. The minimum atomic E-state index is -4.62. The second-order valence-corrected chi connectivity index (χ2v) is 7.14. The monoisotopic (exact) mass is 445 g/mol. The van der Waals surface area contributed by atoms with Crippen LogP contribution < -0.4 is 14.2 Å². The van der Waals surface area contributed by atoms with E-state index in [2.05, 4.69) is 11.6 Å². The molecule has 162 valence electrons. The van der Waals surface area contributed by atoms with Crippen molar-refractivity contribution in [3.63, 3.8) is 0 Å². The molecule has 0 radical (unpaired) electrons. The van der Waals surface area contributed by atoms with Gasteiger partial charge < -0.3 is 19.3 Å². The molecule has 30 heavy (non-hydrogen) atoms. The molecular weight excluding hydrogens is 427 g/mol. The molecule has 0 fully saturated rings. The predicted octanol–water partition coefficient (Wildman–Crippen LogP) is 5.18. The lowest BCUT2D eigenvalue weighted by Gasteiger charge is -2.19. The zero-order valence-electron chi connectivity index (χ0n) is 16.1. The van der Waals surface area contributed by atoms with E-state index in [-0.39, 0.29) is 41.2 Å². The van der Waals surface area contributed by atoms with Crippen molar-refractivity contribution in [2.24, 2.45) is 0 Å². The van der Waals surface area contributed by atoms with Crippen LogP contribution in [0.5, 0.6) is 23.1 Å². The molecule has 1 aromatic carbocycles. The van der Waals surface area contributed by atoms with Crippen molar-refractivity contribution >= 4 is 17.6 Å². The first-order valence-corrected chi connectivity index (χ1v) is 9.01. The molecule has 1 N–H and O–H groups in total. The van der Waals surface area contributed by atoms with Gasteiger partial charge in [-0.2, -0.15) is 13.2 Å². The Morgan fingerprint density at radius 2 is 1.97 bits per heavy atom. The standard InChI is InChI=1S/C20H19ClF3NO5/c1-4-16(26)30-17-14(28-9-8-19(2,3)27)6-5-7-15(17)29-18-13(21)10-12(11-25-18)20(22,23)24/h4-7,10-11,27H,1,8-9H2,2-3H3. The average molecular weight is 446 g/mol. The highest BCUT2D eigenvalue weighted by Crippen LogP contribution is 2.42. The van der Waals surface area contributed by atoms with Gasteiger partial charge in [-0.15, -0.1) is 0 Å². The maximum absolute atomic E-state index is 12.8. The Hall–Kier alpha value is -2.78. The maximum atomic E-state index is 12.8. The summed E-state index contributed by atoms with van der Waals surface area (Å²) >= 11 is 5.87. The minimum absolute atomic E-state index is 0.0693. The molecule has 0 aliphatic heterocycles. The number of pyridine rings is 1. The fourth-order valence-electron chi connectivity index (χ4n) is 2.10. The van der Waals surface area contributed by atoms with E-state index in [1.165, 1.54) is 18.2 Å². The minimum Gasteiger partial charge on any atom is -0.489 e.